The van der Waals surface area contributed by atoms with E-state index in [2.05, 4.69) is 256 Å². The van der Waals surface area contributed by atoms with Gasteiger partial charge in [0.25, 0.3) is 0 Å². The average Bonchev–Trinajstić information content (AvgIpc) is 3.57. The van der Waals surface area contributed by atoms with E-state index in [1.54, 1.807) is 0 Å². The summed E-state index contributed by atoms with van der Waals surface area (Å²) in [5.74, 6) is 0. The zero-order valence-electron chi connectivity index (χ0n) is 36.7. The SMILES string of the molecule is CC1(C)c2ccccc2-c2ccc(N(c3ccc(-c4ccccc4)cc3)c3ccc4ccccc4c3N3c4ccccc4C(C)(C)c4cc(-c5cccc6ccccc56)ccc43)cc21. The van der Waals surface area contributed by atoms with Gasteiger partial charge in [-0.2, -0.15) is 0 Å². The van der Waals surface area contributed by atoms with Gasteiger partial charge in [-0.3, -0.25) is 0 Å². The fraction of sp³-hybridized carbons (Fsp3) is 0.0968. The highest BCUT2D eigenvalue weighted by Crippen LogP contribution is 2.58. The summed E-state index contributed by atoms with van der Waals surface area (Å²) in [5.41, 5.74) is 19.3. The first-order valence-corrected chi connectivity index (χ1v) is 22.5. The molecule has 0 radical (unpaired) electrons. The minimum Gasteiger partial charge on any atom is -0.308 e. The fourth-order valence-corrected chi connectivity index (χ4v) is 10.9. The number of hydrogen-bond acceptors (Lipinski definition) is 2. The molecule has 1 aliphatic carbocycles. The molecule has 10 aromatic rings. The molecule has 12 rings (SSSR count). The van der Waals surface area contributed by atoms with Crippen molar-refractivity contribution in [3.05, 3.63) is 241 Å². The van der Waals surface area contributed by atoms with Crippen molar-refractivity contribution in [3.8, 4) is 33.4 Å². The predicted octanol–water partition coefficient (Wildman–Crippen LogP) is 17.2. The number of hydrogen-bond donors (Lipinski definition) is 0. The summed E-state index contributed by atoms with van der Waals surface area (Å²) >= 11 is 0. The van der Waals surface area contributed by atoms with Gasteiger partial charge in [-0.15, -0.1) is 0 Å². The number of anilines is 6. The summed E-state index contributed by atoms with van der Waals surface area (Å²) in [6, 6.07) is 81.1. The maximum absolute atomic E-state index is 2.57. The third kappa shape index (κ3) is 5.79. The van der Waals surface area contributed by atoms with Crippen LogP contribution in [0.25, 0.3) is 54.9 Å². The van der Waals surface area contributed by atoms with Crippen molar-refractivity contribution in [2.45, 2.75) is 38.5 Å². The van der Waals surface area contributed by atoms with Gasteiger partial charge in [0, 0.05) is 27.6 Å². The highest BCUT2D eigenvalue weighted by Gasteiger charge is 2.40. The summed E-state index contributed by atoms with van der Waals surface area (Å²) in [5, 5.41) is 4.91. The Kier molecular flexibility index (Phi) is 8.58. The molecule has 10 aromatic carbocycles. The van der Waals surface area contributed by atoms with Crippen LogP contribution in [0.15, 0.2) is 218 Å². The summed E-state index contributed by atoms with van der Waals surface area (Å²) in [6.07, 6.45) is 0. The van der Waals surface area contributed by atoms with Gasteiger partial charge in [-0.25, -0.2) is 0 Å². The van der Waals surface area contributed by atoms with Crippen molar-refractivity contribution in [1.29, 1.82) is 0 Å². The lowest BCUT2D eigenvalue weighted by Gasteiger charge is -2.44. The molecule has 0 unspecified atom stereocenters. The van der Waals surface area contributed by atoms with Crippen LogP contribution in [0.5, 0.6) is 0 Å². The zero-order chi connectivity index (χ0) is 43.2. The van der Waals surface area contributed by atoms with E-state index in [-0.39, 0.29) is 10.8 Å². The molecule has 64 heavy (non-hydrogen) atoms. The molecule has 0 bridgehead atoms. The van der Waals surface area contributed by atoms with Gasteiger partial charge in [-0.05, 0) is 120 Å². The van der Waals surface area contributed by atoms with Gasteiger partial charge in [0.15, 0.2) is 0 Å². The number of rotatable bonds is 6. The molecule has 1 aliphatic heterocycles. The minimum atomic E-state index is -0.276. The van der Waals surface area contributed by atoms with Gasteiger partial charge in [0.05, 0.1) is 22.7 Å². The maximum atomic E-state index is 2.57. The quantitative estimate of drug-likeness (QED) is 0.165. The first-order valence-electron chi connectivity index (χ1n) is 22.5. The summed E-state index contributed by atoms with van der Waals surface area (Å²) in [7, 11) is 0. The van der Waals surface area contributed by atoms with E-state index in [0.717, 1.165) is 22.7 Å². The van der Waals surface area contributed by atoms with Crippen molar-refractivity contribution in [2.75, 3.05) is 9.80 Å². The molecule has 0 N–H and O–H groups in total. The van der Waals surface area contributed by atoms with Crippen molar-refractivity contribution in [2.24, 2.45) is 0 Å². The average molecular weight is 821 g/mol. The smallest absolute Gasteiger partial charge is 0.0781 e. The van der Waals surface area contributed by atoms with Crippen LogP contribution in [0.4, 0.5) is 34.1 Å². The molecular formula is C62H48N2. The van der Waals surface area contributed by atoms with Crippen LogP contribution in [0.1, 0.15) is 49.9 Å². The molecule has 0 saturated carbocycles. The normalized spacial score (nSPS) is 14.2. The van der Waals surface area contributed by atoms with Gasteiger partial charge < -0.3 is 9.80 Å². The maximum Gasteiger partial charge on any atom is 0.0781 e. The summed E-state index contributed by atoms with van der Waals surface area (Å²) in [4.78, 5) is 5.07. The third-order valence-electron chi connectivity index (χ3n) is 14.2. The lowest BCUT2D eigenvalue weighted by atomic mass is 9.72. The monoisotopic (exact) mass is 820 g/mol. The molecule has 1 heterocycles. The Bertz CT molecular complexity index is 3440. The molecule has 2 aliphatic rings. The molecule has 0 aromatic heterocycles. The molecule has 2 heteroatoms. The Balaban J connectivity index is 1.12. The number of nitrogens with zero attached hydrogens (tertiary/aromatic N) is 2. The van der Waals surface area contributed by atoms with E-state index in [1.807, 2.05) is 0 Å². The second kappa shape index (κ2) is 14.4. The van der Waals surface area contributed by atoms with E-state index in [9.17, 15) is 0 Å². The van der Waals surface area contributed by atoms with Gasteiger partial charge in [-0.1, -0.05) is 198 Å². The minimum absolute atomic E-state index is 0.158. The second-order valence-corrected chi connectivity index (χ2v) is 18.5. The van der Waals surface area contributed by atoms with Gasteiger partial charge in [0.1, 0.15) is 0 Å². The lowest BCUT2D eigenvalue weighted by molar-refractivity contribution is 0.632. The molecule has 0 spiro atoms. The topological polar surface area (TPSA) is 6.48 Å². The fourth-order valence-electron chi connectivity index (χ4n) is 10.9. The Morgan fingerprint density at radius 3 is 1.72 bits per heavy atom. The molecule has 306 valence electrons. The van der Waals surface area contributed by atoms with Crippen molar-refractivity contribution >= 4 is 55.7 Å². The molecule has 0 amide bonds. The second-order valence-electron chi connectivity index (χ2n) is 18.5. The van der Waals surface area contributed by atoms with Crippen LogP contribution in [-0.2, 0) is 10.8 Å². The predicted molar refractivity (Wildman–Crippen MR) is 271 cm³/mol. The van der Waals surface area contributed by atoms with E-state index in [0.29, 0.717) is 0 Å². The van der Waals surface area contributed by atoms with E-state index in [4.69, 9.17) is 0 Å². The number of para-hydroxylation sites is 1. The molecule has 2 nitrogen and oxygen atoms in total. The summed E-state index contributed by atoms with van der Waals surface area (Å²) in [6.45, 7) is 9.53. The molecule has 0 saturated heterocycles. The van der Waals surface area contributed by atoms with Gasteiger partial charge in [0.2, 0.25) is 0 Å². The highest BCUT2D eigenvalue weighted by molar-refractivity contribution is 6.09. The van der Waals surface area contributed by atoms with Crippen LogP contribution in [0.3, 0.4) is 0 Å². The van der Waals surface area contributed by atoms with Crippen LogP contribution in [0.2, 0.25) is 0 Å². The first-order chi connectivity index (χ1) is 31.3. The highest BCUT2D eigenvalue weighted by atomic mass is 15.2. The number of fused-ring (bicyclic) bond motifs is 7. The van der Waals surface area contributed by atoms with Crippen molar-refractivity contribution < 1.29 is 0 Å². The Morgan fingerprint density at radius 2 is 0.906 bits per heavy atom. The zero-order valence-corrected chi connectivity index (χ0v) is 36.7. The molecular weight excluding hydrogens is 773 g/mol. The van der Waals surface area contributed by atoms with Crippen molar-refractivity contribution in [3.63, 3.8) is 0 Å². The van der Waals surface area contributed by atoms with Crippen molar-refractivity contribution in [1.82, 2.24) is 0 Å². The van der Waals surface area contributed by atoms with Crippen LogP contribution in [0, 0.1) is 0 Å². The van der Waals surface area contributed by atoms with E-state index >= 15 is 0 Å². The molecule has 0 atom stereocenters. The van der Waals surface area contributed by atoms with E-state index < -0.39 is 0 Å². The first kappa shape index (κ1) is 38.0. The standard InChI is InChI=1S/C62H48N2/c1-61(2)53-26-13-12-24-51(53)52-36-35-47(40-55(52)61)63(46-33-29-42(30-34-46)41-17-6-5-7-18-41)59-38-31-44-20-9-11-23-50(44)60(59)64-57-28-15-14-27-54(57)62(3,4)56-39-45(32-37-58(56)64)49-25-16-21-43-19-8-10-22-48(43)49/h5-40H,1-4H3. The van der Waals surface area contributed by atoms with Crippen LogP contribution < -0.4 is 9.80 Å². The Hall–Kier alpha value is -7.68. The van der Waals surface area contributed by atoms with Crippen LogP contribution >= 0.6 is 0 Å². The Labute approximate surface area is 376 Å². The number of benzene rings is 10. The van der Waals surface area contributed by atoms with E-state index in [1.165, 1.54) is 88.6 Å². The molecule has 0 fully saturated rings. The van der Waals surface area contributed by atoms with Crippen LogP contribution in [-0.4, -0.2) is 0 Å². The largest absolute Gasteiger partial charge is 0.308 e. The lowest BCUT2D eigenvalue weighted by Crippen LogP contribution is -2.31. The summed E-state index contributed by atoms with van der Waals surface area (Å²) < 4.78 is 0. The van der Waals surface area contributed by atoms with Gasteiger partial charge >= 0.3 is 0 Å². The Morgan fingerprint density at radius 1 is 0.344 bits per heavy atom. The third-order valence-corrected chi connectivity index (χ3v) is 14.2.